The largest absolute Gasteiger partial charge is 0.497 e. The van der Waals surface area contributed by atoms with Crippen molar-refractivity contribution in [2.45, 2.75) is 22.7 Å². The van der Waals surface area contributed by atoms with E-state index in [4.69, 9.17) is 4.74 Å². The van der Waals surface area contributed by atoms with Crippen LogP contribution < -0.4 is 4.74 Å². The van der Waals surface area contributed by atoms with Crippen LogP contribution in [0.5, 0.6) is 5.75 Å². The Morgan fingerprint density at radius 1 is 1.20 bits per heavy atom. The fourth-order valence-corrected chi connectivity index (χ4v) is 4.24. The fourth-order valence-electron chi connectivity index (χ4n) is 2.57. The minimum absolute atomic E-state index is 0.277. The third kappa shape index (κ3) is 2.25. The smallest absolute Gasteiger partial charge is 0.118 e. The molecule has 0 amide bonds. The molecule has 0 saturated carbocycles. The first-order valence-corrected chi connectivity index (χ1v) is 7.72. The van der Waals surface area contributed by atoms with Gasteiger partial charge < -0.3 is 9.84 Å². The maximum absolute atomic E-state index is 12.5. The summed E-state index contributed by atoms with van der Waals surface area (Å²) in [6.45, 7) is 0. The Hall–Kier alpha value is -1.65. The van der Waals surface area contributed by atoms with Crippen LogP contribution in [-0.4, -0.2) is 21.7 Å². The van der Waals surface area contributed by atoms with Crippen molar-refractivity contribution in [3.63, 3.8) is 0 Å². The van der Waals surface area contributed by atoms with Crippen LogP contribution in [0.1, 0.15) is 17.2 Å². The van der Waals surface area contributed by atoms with E-state index in [9.17, 15) is 9.32 Å². The van der Waals surface area contributed by atoms with Gasteiger partial charge in [-0.05, 0) is 35.7 Å². The number of hydrogen-bond acceptors (Lipinski definition) is 3. The van der Waals surface area contributed by atoms with E-state index in [2.05, 4.69) is 0 Å². The Morgan fingerprint density at radius 2 is 1.90 bits per heavy atom. The molecule has 2 aromatic rings. The molecule has 0 radical (unpaired) electrons. The Morgan fingerprint density at radius 3 is 2.55 bits per heavy atom. The molecule has 3 atom stereocenters. The van der Waals surface area contributed by atoms with Gasteiger partial charge in [0.05, 0.1) is 29.3 Å². The molecule has 1 aliphatic rings. The van der Waals surface area contributed by atoms with Crippen molar-refractivity contribution in [3.8, 4) is 5.75 Å². The molecule has 1 aliphatic heterocycles. The first-order valence-electron chi connectivity index (χ1n) is 6.51. The second-order valence-electron chi connectivity index (χ2n) is 4.87. The van der Waals surface area contributed by atoms with Gasteiger partial charge in [-0.2, -0.15) is 0 Å². The van der Waals surface area contributed by atoms with Crippen molar-refractivity contribution < 1.29 is 14.1 Å². The Bertz CT molecular complexity index is 636. The van der Waals surface area contributed by atoms with Gasteiger partial charge in [0, 0.05) is 4.90 Å². The summed E-state index contributed by atoms with van der Waals surface area (Å²) in [6.07, 6.45) is -0.0789. The first kappa shape index (κ1) is 13.3. The number of ether oxygens (including phenoxy) is 1. The molecule has 2 aromatic carbocycles. The highest BCUT2D eigenvalue weighted by atomic mass is 32.2. The van der Waals surface area contributed by atoms with Crippen molar-refractivity contribution in [1.82, 2.24) is 0 Å². The standard InChI is InChI=1S/C16H16O3S/c1-19-13-8-6-11(7-9-13)16(17)15-10-12-4-2-3-5-14(12)20(15)18/h2-9,15-17H,10H2,1H3/t15-,16-,20?/m0/s1. The normalized spacial score (nSPS) is 22.3. The maximum atomic E-state index is 12.5. The lowest BCUT2D eigenvalue weighted by Gasteiger charge is -2.17. The topological polar surface area (TPSA) is 46.5 Å². The van der Waals surface area contributed by atoms with Crippen LogP contribution in [0.4, 0.5) is 0 Å². The van der Waals surface area contributed by atoms with E-state index >= 15 is 0 Å². The lowest BCUT2D eigenvalue weighted by Crippen LogP contribution is -2.21. The summed E-state index contributed by atoms with van der Waals surface area (Å²) in [5.74, 6) is 0.747. The third-order valence-electron chi connectivity index (χ3n) is 3.69. The zero-order valence-electron chi connectivity index (χ0n) is 11.2. The predicted octanol–water partition coefficient (Wildman–Crippen LogP) is 2.46. The van der Waals surface area contributed by atoms with Crippen LogP contribution >= 0.6 is 0 Å². The molecule has 1 unspecified atom stereocenters. The summed E-state index contributed by atoms with van der Waals surface area (Å²) in [4.78, 5) is 0.852. The lowest BCUT2D eigenvalue weighted by molar-refractivity contribution is 0.173. The molecule has 0 aromatic heterocycles. The molecule has 3 nitrogen and oxygen atoms in total. The van der Waals surface area contributed by atoms with Gasteiger partial charge in [0.1, 0.15) is 5.75 Å². The quantitative estimate of drug-likeness (QED) is 0.943. The minimum Gasteiger partial charge on any atom is -0.497 e. The van der Waals surface area contributed by atoms with Crippen molar-refractivity contribution in [2.75, 3.05) is 7.11 Å². The van der Waals surface area contributed by atoms with Gasteiger partial charge in [0.2, 0.25) is 0 Å². The molecule has 104 valence electrons. The van der Waals surface area contributed by atoms with Crippen LogP contribution in [0.15, 0.2) is 53.4 Å². The van der Waals surface area contributed by atoms with E-state index in [1.807, 2.05) is 48.5 Å². The number of fused-ring (bicyclic) bond motifs is 1. The van der Waals surface area contributed by atoms with Crippen molar-refractivity contribution >= 4 is 10.8 Å². The zero-order valence-corrected chi connectivity index (χ0v) is 12.0. The van der Waals surface area contributed by atoms with Gasteiger partial charge in [-0.15, -0.1) is 0 Å². The third-order valence-corrected chi connectivity index (χ3v) is 5.50. The molecule has 0 fully saturated rings. The number of methoxy groups -OCH3 is 1. The number of benzene rings is 2. The Balaban J connectivity index is 1.85. The molecule has 20 heavy (non-hydrogen) atoms. The van der Waals surface area contributed by atoms with E-state index in [0.717, 1.165) is 21.8 Å². The summed E-state index contributed by atoms with van der Waals surface area (Å²) in [5.41, 5.74) is 1.85. The summed E-state index contributed by atoms with van der Waals surface area (Å²) in [6, 6.07) is 15.0. The van der Waals surface area contributed by atoms with Gasteiger partial charge in [-0.25, -0.2) is 0 Å². The molecular weight excluding hydrogens is 272 g/mol. The number of aliphatic hydroxyl groups is 1. The molecule has 3 rings (SSSR count). The monoisotopic (exact) mass is 288 g/mol. The van der Waals surface area contributed by atoms with Crippen LogP contribution in [0.25, 0.3) is 0 Å². The SMILES string of the molecule is COc1ccc([C@H](O)[C@@H]2Cc3ccccc3S2=O)cc1. The van der Waals surface area contributed by atoms with E-state index in [1.54, 1.807) is 7.11 Å². The van der Waals surface area contributed by atoms with Gasteiger partial charge >= 0.3 is 0 Å². The zero-order chi connectivity index (χ0) is 14.1. The highest BCUT2D eigenvalue weighted by Crippen LogP contribution is 2.35. The predicted molar refractivity (Wildman–Crippen MR) is 78.3 cm³/mol. The summed E-state index contributed by atoms with van der Waals surface area (Å²) < 4.78 is 17.6. The number of rotatable bonds is 3. The number of hydrogen-bond donors (Lipinski definition) is 1. The highest BCUT2D eigenvalue weighted by Gasteiger charge is 2.34. The van der Waals surface area contributed by atoms with E-state index in [0.29, 0.717) is 6.42 Å². The van der Waals surface area contributed by atoms with Crippen LogP contribution in [0.2, 0.25) is 0 Å². The lowest BCUT2D eigenvalue weighted by atomic mass is 10.0. The van der Waals surface area contributed by atoms with Crippen LogP contribution in [0.3, 0.4) is 0 Å². The highest BCUT2D eigenvalue weighted by molar-refractivity contribution is 7.86. The molecule has 0 saturated heterocycles. The maximum Gasteiger partial charge on any atom is 0.118 e. The first-order chi connectivity index (χ1) is 9.70. The molecule has 1 N–H and O–H groups in total. The molecule has 1 heterocycles. The fraction of sp³-hybridized carbons (Fsp3) is 0.250. The van der Waals surface area contributed by atoms with E-state index < -0.39 is 16.9 Å². The van der Waals surface area contributed by atoms with Gasteiger partial charge in [0.25, 0.3) is 0 Å². The molecule has 0 spiro atoms. The molecule has 4 heteroatoms. The van der Waals surface area contributed by atoms with Crippen molar-refractivity contribution in [2.24, 2.45) is 0 Å². The van der Waals surface area contributed by atoms with Gasteiger partial charge in [-0.1, -0.05) is 30.3 Å². The van der Waals surface area contributed by atoms with E-state index in [1.165, 1.54) is 0 Å². The average molecular weight is 288 g/mol. The van der Waals surface area contributed by atoms with E-state index in [-0.39, 0.29) is 5.25 Å². The molecule has 0 bridgehead atoms. The summed E-state index contributed by atoms with van der Waals surface area (Å²) >= 11 is 0. The Kier molecular flexibility index (Phi) is 3.59. The number of aliphatic hydroxyl groups excluding tert-OH is 1. The second kappa shape index (κ2) is 5.38. The minimum atomic E-state index is -1.15. The van der Waals surface area contributed by atoms with Crippen molar-refractivity contribution in [3.05, 3.63) is 59.7 Å². The van der Waals surface area contributed by atoms with Crippen molar-refractivity contribution in [1.29, 1.82) is 0 Å². The van der Waals surface area contributed by atoms with Gasteiger partial charge in [0.15, 0.2) is 0 Å². The molecule has 0 aliphatic carbocycles. The average Bonchev–Trinajstić information content (AvgIpc) is 2.84. The molecular formula is C16H16O3S. The Labute approximate surface area is 120 Å². The summed E-state index contributed by atoms with van der Waals surface area (Å²) in [5, 5.41) is 10.2. The summed E-state index contributed by atoms with van der Waals surface area (Å²) in [7, 11) is 0.451. The van der Waals surface area contributed by atoms with Crippen LogP contribution in [-0.2, 0) is 17.2 Å². The second-order valence-corrected chi connectivity index (χ2v) is 6.51. The van der Waals surface area contributed by atoms with Crippen LogP contribution in [0, 0.1) is 0 Å². The van der Waals surface area contributed by atoms with Gasteiger partial charge in [-0.3, -0.25) is 4.21 Å².